The molecule has 7 nitrogen and oxygen atoms in total. The number of rotatable bonds is 5. The fraction of sp³-hybridized carbons (Fsp3) is 0.400. The molecule has 0 bridgehead atoms. The minimum absolute atomic E-state index is 0.0357. The number of anilines is 1. The van der Waals surface area contributed by atoms with Gasteiger partial charge in [0, 0.05) is 31.4 Å². The standard InChI is InChI=1S/C25H30N4O3S/c1-7-26-23(18-9-11-20(31-5)21(15-18)32-6)29-13-12-16-14-17(8-10-19(16)29)22-25(2,3)33-24(30)28(4)27-22/h8-11,14-15H,7,12-13H2,1-6H3. The van der Waals surface area contributed by atoms with Crippen LogP contribution in [0.25, 0.3) is 0 Å². The van der Waals surface area contributed by atoms with Crippen LogP contribution in [0.3, 0.4) is 0 Å². The van der Waals surface area contributed by atoms with Gasteiger partial charge in [0.1, 0.15) is 5.84 Å². The van der Waals surface area contributed by atoms with Gasteiger partial charge in [0.25, 0.3) is 0 Å². The predicted octanol–water partition coefficient (Wildman–Crippen LogP) is 4.81. The number of ether oxygens (including phenoxy) is 2. The van der Waals surface area contributed by atoms with Crippen molar-refractivity contribution in [3.05, 3.63) is 53.1 Å². The Morgan fingerprint density at radius 3 is 2.61 bits per heavy atom. The van der Waals surface area contributed by atoms with Crippen LogP contribution in [0.1, 0.15) is 37.5 Å². The highest BCUT2D eigenvalue weighted by Gasteiger charge is 2.37. The van der Waals surface area contributed by atoms with Gasteiger partial charge in [0.05, 0.1) is 24.7 Å². The number of amidine groups is 1. The van der Waals surface area contributed by atoms with E-state index < -0.39 is 0 Å². The van der Waals surface area contributed by atoms with E-state index in [0.717, 1.165) is 41.3 Å². The maximum atomic E-state index is 12.1. The first-order valence-electron chi connectivity index (χ1n) is 11.0. The molecule has 2 aromatic rings. The van der Waals surface area contributed by atoms with E-state index in [9.17, 15) is 4.79 Å². The monoisotopic (exact) mass is 466 g/mol. The van der Waals surface area contributed by atoms with Crippen LogP contribution in [0.4, 0.5) is 10.5 Å². The maximum Gasteiger partial charge on any atom is 0.302 e. The third-order valence-electron chi connectivity index (χ3n) is 5.88. The second-order valence-electron chi connectivity index (χ2n) is 8.46. The summed E-state index contributed by atoms with van der Waals surface area (Å²) < 4.78 is 10.5. The van der Waals surface area contributed by atoms with E-state index in [1.165, 1.54) is 22.3 Å². The van der Waals surface area contributed by atoms with Crippen molar-refractivity contribution >= 4 is 34.2 Å². The molecule has 33 heavy (non-hydrogen) atoms. The molecule has 8 heteroatoms. The fourth-order valence-electron chi connectivity index (χ4n) is 4.28. The SMILES string of the molecule is CCN=C(c1ccc(OC)c(OC)c1)N1CCc2cc(C3=NN(C)C(=O)SC3(C)C)ccc21. The first kappa shape index (κ1) is 23.2. The van der Waals surface area contributed by atoms with Crippen LogP contribution >= 0.6 is 11.8 Å². The van der Waals surface area contributed by atoms with E-state index in [2.05, 4.69) is 28.2 Å². The minimum atomic E-state index is -0.384. The Kier molecular flexibility index (Phi) is 6.38. The van der Waals surface area contributed by atoms with Crippen LogP contribution in [0.5, 0.6) is 11.5 Å². The lowest BCUT2D eigenvalue weighted by Gasteiger charge is -2.32. The highest BCUT2D eigenvalue weighted by Crippen LogP contribution is 2.38. The third kappa shape index (κ3) is 4.31. The number of aliphatic imine (C=N–C) groups is 1. The molecule has 2 aromatic carbocycles. The first-order chi connectivity index (χ1) is 15.8. The molecule has 0 atom stereocenters. The van der Waals surface area contributed by atoms with Crippen LogP contribution in [-0.2, 0) is 6.42 Å². The van der Waals surface area contributed by atoms with Gasteiger partial charge in [-0.2, -0.15) is 5.10 Å². The number of hydrazone groups is 1. The van der Waals surface area contributed by atoms with E-state index in [1.807, 2.05) is 39.0 Å². The molecule has 0 fully saturated rings. The van der Waals surface area contributed by atoms with Crippen LogP contribution in [0, 0.1) is 0 Å². The molecule has 2 aliphatic rings. The van der Waals surface area contributed by atoms with Crippen molar-refractivity contribution in [1.29, 1.82) is 0 Å². The van der Waals surface area contributed by atoms with Gasteiger partial charge in [0.2, 0.25) is 0 Å². The highest BCUT2D eigenvalue weighted by molar-refractivity contribution is 8.15. The zero-order valence-electron chi connectivity index (χ0n) is 20.0. The predicted molar refractivity (Wildman–Crippen MR) is 135 cm³/mol. The lowest BCUT2D eigenvalue weighted by Crippen LogP contribution is -2.39. The van der Waals surface area contributed by atoms with E-state index >= 15 is 0 Å². The fourth-order valence-corrected chi connectivity index (χ4v) is 5.14. The lowest BCUT2D eigenvalue weighted by atomic mass is 9.96. The Bertz CT molecular complexity index is 1140. The number of fused-ring (bicyclic) bond motifs is 1. The first-order valence-corrected chi connectivity index (χ1v) is 11.8. The van der Waals surface area contributed by atoms with E-state index in [1.54, 1.807) is 21.3 Å². The number of benzene rings is 2. The van der Waals surface area contributed by atoms with Gasteiger partial charge in [-0.3, -0.25) is 9.79 Å². The molecule has 0 saturated carbocycles. The number of methoxy groups -OCH3 is 2. The zero-order valence-corrected chi connectivity index (χ0v) is 20.8. The minimum Gasteiger partial charge on any atom is -0.493 e. The van der Waals surface area contributed by atoms with Crippen molar-refractivity contribution in [1.82, 2.24) is 5.01 Å². The number of hydrogen-bond acceptors (Lipinski definition) is 6. The van der Waals surface area contributed by atoms with Crippen molar-refractivity contribution in [2.45, 2.75) is 31.9 Å². The van der Waals surface area contributed by atoms with Gasteiger partial charge < -0.3 is 14.4 Å². The summed E-state index contributed by atoms with van der Waals surface area (Å²) in [5.41, 5.74) is 5.35. The van der Waals surface area contributed by atoms with Crippen LogP contribution in [-0.4, -0.2) is 60.9 Å². The van der Waals surface area contributed by atoms with Gasteiger partial charge in [-0.1, -0.05) is 17.8 Å². The van der Waals surface area contributed by atoms with Gasteiger partial charge in [-0.05, 0) is 68.7 Å². The molecule has 0 N–H and O–H groups in total. The molecule has 0 spiro atoms. The smallest absolute Gasteiger partial charge is 0.302 e. The quantitative estimate of drug-likeness (QED) is 0.467. The average Bonchev–Trinajstić information content (AvgIpc) is 3.22. The number of thioether (sulfide) groups is 1. The van der Waals surface area contributed by atoms with Crippen molar-refractivity contribution in [3.8, 4) is 11.5 Å². The lowest BCUT2D eigenvalue weighted by molar-refractivity contribution is 0.234. The number of amides is 1. The molecule has 0 aromatic heterocycles. The van der Waals surface area contributed by atoms with Crippen molar-refractivity contribution in [3.63, 3.8) is 0 Å². The molecule has 2 heterocycles. The summed E-state index contributed by atoms with van der Waals surface area (Å²) >= 11 is 1.31. The maximum absolute atomic E-state index is 12.1. The molecular weight excluding hydrogens is 436 g/mol. The molecule has 174 valence electrons. The summed E-state index contributed by atoms with van der Waals surface area (Å²) in [5, 5.41) is 5.98. The van der Waals surface area contributed by atoms with Crippen LogP contribution in [0.15, 0.2) is 46.5 Å². The Morgan fingerprint density at radius 1 is 1.15 bits per heavy atom. The highest BCUT2D eigenvalue weighted by atomic mass is 32.2. The number of hydrogen-bond donors (Lipinski definition) is 0. The van der Waals surface area contributed by atoms with Crippen LogP contribution in [0.2, 0.25) is 0 Å². The second kappa shape index (κ2) is 9.09. The molecule has 4 rings (SSSR count). The summed E-state index contributed by atoms with van der Waals surface area (Å²) in [6.45, 7) is 7.65. The number of carbonyl (C=O) groups excluding carboxylic acids is 1. The molecule has 0 radical (unpaired) electrons. The topological polar surface area (TPSA) is 66.7 Å². The summed E-state index contributed by atoms with van der Waals surface area (Å²) in [5.74, 6) is 2.30. The Balaban J connectivity index is 1.70. The summed E-state index contributed by atoms with van der Waals surface area (Å²) in [7, 11) is 4.98. The molecule has 1 amide bonds. The third-order valence-corrected chi connectivity index (χ3v) is 7.02. The Hall–Kier alpha value is -3.00. The number of carbonyl (C=O) groups is 1. The van der Waals surface area contributed by atoms with Crippen molar-refractivity contribution in [2.75, 3.05) is 39.3 Å². The number of nitrogens with zero attached hydrogens (tertiary/aromatic N) is 4. The Morgan fingerprint density at radius 2 is 1.91 bits per heavy atom. The average molecular weight is 467 g/mol. The van der Waals surface area contributed by atoms with E-state index in [0.29, 0.717) is 18.0 Å². The molecular formula is C25H30N4O3S. The summed E-state index contributed by atoms with van der Waals surface area (Å²) in [6, 6.07) is 12.4. The summed E-state index contributed by atoms with van der Waals surface area (Å²) in [6.07, 6.45) is 0.912. The van der Waals surface area contributed by atoms with Gasteiger partial charge in [0.15, 0.2) is 11.5 Å². The summed E-state index contributed by atoms with van der Waals surface area (Å²) in [4.78, 5) is 19.2. The van der Waals surface area contributed by atoms with E-state index in [4.69, 9.17) is 14.5 Å². The van der Waals surface area contributed by atoms with Gasteiger partial charge >= 0.3 is 5.24 Å². The van der Waals surface area contributed by atoms with Crippen LogP contribution < -0.4 is 14.4 Å². The van der Waals surface area contributed by atoms with Crippen molar-refractivity contribution in [2.24, 2.45) is 10.1 Å². The molecule has 0 saturated heterocycles. The van der Waals surface area contributed by atoms with Gasteiger partial charge in [-0.15, -0.1) is 0 Å². The largest absolute Gasteiger partial charge is 0.493 e. The van der Waals surface area contributed by atoms with Gasteiger partial charge in [-0.25, -0.2) is 5.01 Å². The van der Waals surface area contributed by atoms with Crippen molar-refractivity contribution < 1.29 is 14.3 Å². The second-order valence-corrected chi connectivity index (χ2v) is 10.0. The molecule has 2 aliphatic heterocycles. The Labute approximate surface area is 199 Å². The zero-order chi connectivity index (χ0) is 23.8. The normalized spacial score (nSPS) is 17.7. The van der Waals surface area contributed by atoms with E-state index in [-0.39, 0.29) is 9.99 Å². The molecule has 0 unspecified atom stereocenters. The molecule has 0 aliphatic carbocycles.